The molecule has 2 saturated heterocycles. The molecule has 0 radical (unpaired) electrons. The van der Waals surface area contributed by atoms with Crippen LogP contribution in [-0.4, -0.2) is 58.5 Å². The monoisotopic (exact) mass is 447 g/mol. The molecule has 2 aromatic rings. The summed E-state index contributed by atoms with van der Waals surface area (Å²) in [6.07, 6.45) is -0.850. The van der Waals surface area contributed by atoms with Crippen LogP contribution in [0, 0.1) is 22.7 Å². The number of hydrogen-bond donors (Lipinski definition) is 1. The van der Waals surface area contributed by atoms with E-state index in [0.29, 0.717) is 50.4 Å². The maximum atomic E-state index is 13.4. The molecule has 3 heterocycles. The standard InChI is InChI=1S/C22H24F3N5O2/c1-2-30-10-16(9-27-30)20(32)29-12-17-11-28(6-5-21(17,13-29)14-31)18-4-3-15(8-26)19(7-18)22(23,24)25/h3-4,7,9-10,17,31H,2,5-6,11-14H2,1H3/t17-,21+/m1/s1. The number of rotatable bonds is 4. The normalized spacial score (nSPS) is 23.2. The number of hydrogen-bond acceptors (Lipinski definition) is 5. The smallest absolute Gasteiger partial charge is 0.396 e. The molecule has 1 amide bonds. The lowest BCUT2D eigenvalue weighted by Gasteiger charge is -2.43. The summed E-state index contributed by atoms with van der Waals surface area (Å²) in [5.74, 6) is -0.243. The number of aliphatic hydroxyl groups excluding tert-OH is 1. The van der Waals surface area contributed by atoms with E-state index in [1.165, 1.54) is 18.3 Å². The van der Waals surface area contributed by atoms with E-state index in [2.05, 4.69) is 5.10 Å². The Morgan fingerprint density at radius 1 is 1.38 bits per heavy atom. The largest absolute Gasteiger partial charge is 0.417 e. The fourth-order valence-electron chi connectivity index (χ4n) is 4.82. The van der Waals surface area contributed by atoms with E-state index < -0.39 is 22.7 Å². The highest BCUT2D eigenvalue weighted by molar-refractivity contribution is 5.94. The summed E-state index contributed by atoms with van der Waals surface area (Å²) in [6, 6.07) is 5.34. The van der Waals surface area contributed by atoms with Gasteiger partial charge in [0, 0.05) is 55.9 Å². The molecule has 2 fully saturated rings. The number of fused-ring (bicyclic) bond motifs is 1. The second-order valence-electron chi connectivity index (χ2n) is 8.52. The van der Waals surface area contributed by atoms with Crippen molar-refractivity contribution in [2.75, 3.05) is 37.7 Å². The number of amides is 1. The number of alkyl halides is 3. The van der Waals surface area contributed by atoms with Crippen LogP contribution in [0.25, 0.3) is 0 Å². The van der Waals surface area contributed by atoms with Crippen molar-refractivity contribution in [3.63, 3.8) is 0 Å². The molecule has 0 unspecified atom stereocenters. The molecular weight excluding hydrogens is 423 g/mol. The second kappa shape index (κ2) is 8.13. The van der Waals surface area contributed by atoms with Gasteiger partial charge in [-0.05, 0) is 31.5 Å². The van der Waals surface area contributed by atoms with Crippen molar-refractivity contribution >= 4 is 11.6 Å². The SMILES string of the molecule is CCn1cc(C(=O)N2C[C@H]3CN(c4ccc(C#N)c(C(F)(F)F)c4)CC[C@@]3(CO)C2)cn1. The van der Waals surface area contributed by atoms with Crippen LogP contribution in [0.15, 0.2) is 30.6 Å². The molecule has 7 nitrogen and oxygen atoms in total. The first-order valence-electron chi connectivity index (χ1n) is 10.5. The van der Waals surface area contributed by atoms with Gasteiger partial charge in [-0.2, -0.15) is 23.5 Å². The summed E-state index contributed by atoms with van der Waals surface area (Å²) in [6.45, 7) is 4.17. The Morgan fingerprint density at radius 2 is 2.16 bits per heavy atom. The highest BCUT2D eigenvalue weighted by atomic mass is 19.4. The van der Waals surface area contributed by atoms with Crippen molar-refractivity contribution < 1.29 is 23.1 Å². The second-order valence-corrected chi connectivity index (χ2v) is 8.52. The molecular formula is C22H24F3N5O2. The third kappa shape index (κ3) is 3.81. The highest BCUT2D eigenvalue weighted by Gasteiger charge is 2.50. The summed E-state index contributed by atoms with van der Waals surface area (Å²) in [5.41, 5.74) is -0.970. The molecule has 0 aliphatic carbocycles. The molecule has 170 valence electrons. The third-order valence-electron chi connectivity index (χ3n) is 6.73. The van der Waals surface area contributed by atoms with E-state index in [0.717, 1.165) is 6.07 Å². The molecule has 1 aromatic carbocycles. The Bertz CT molecular complexity index is 1060. The molecule has 4 rings (SSSR count). The topological polar surface area (TPSA) is 85.4 Å². The zero-order valence-electron chi connectivity index (χ0n) is 17.6. The maximum Gasteiger partial charge on any atom is 0.417 e. The van der Waals surface area contributed by atoms with E-state index in [1.807, 2.05) is 11.8 Å². The molecule has 2 aliphatic rings. The minimum absolute atomic E-state index is 0.0867. The van der Waals surface area contributed by atoms with E-state index in [9.17, 15) is 23.1 Å². The molecule has 0 spiro atoms. The van der Waals surface area contributed by atoms with Crippen LogP contribution in [0.2, 0.25) is 0 Å². The van der Waals surface area contributed by atoms with Crippen LogP contribution in [0.3, 0.4) is 0 Å². The lowest BCUT2D eigenvalue weighted by Crippen LogP contribution is -2.49. The molecule has 2 atom stereocenters. The van der Waals surface area contributed by atoms with Gasteiger partial charge in [0.15, 0.2) is 0 Å². The number of nitrogens with zero attached hydrogens (tertiary/aromatic N) is 5. The predicted octanol–water partition coefficient (Wildman–Crippen LogP) is 2.75. The molecule has 1 N–H and O–H groups in total. The Balaban J connectivity index is 1.55. The minimum Gasteiger partial charge on any atom is -0.396 e. The number of aromatic nitrogens is 2. The number of halogens is 3. The molecule has 32 heavy (non-hydrogen) atoms. The molecule has 1 aromatic heterocycles. The maximum absolute atomic E-state index is 13.4. The fourth-order valence-corrected chi connectivity index (χ4v) is 4.82. The number of piperidine rings is 1. The van der Waals surface area contributed by atoms with E-state index in [4.69, 9.17) is 5.26 Å². The van der Waals surface area contributed by atoms with Crippen molar-refractivity contribution in [3.05, 3.63) is 47.3 Å². The molecule has 2 aliphatic heterocycles. The minimum atomic E-state index is -4.62. The van der Waals surface area contributed by atoms with Gasteiger partial charge in [0.25, 0.3) is 5.91 Å². The van der Waals surface area contributed by atoms with Crippen LogP contribution in [0.5, 0.6) is 0 Å². The van der Waals surface area contributed by atoms with Crippen molar-refractivity contribution in [1.29, 1.82) is 5.26 Å². The van der Waals surface area contributed by atoms with E-state index in [1.54, 1.807) is 21.8 Å². The number of benzene rings is 1. The quantitative estimate of drug-likeness (QED) is 0.779. The fraction of sp³-hybridized carbons (Fsp3) is 0.500. The first-order valence-corrected chi connectivity index (χ1v) is 10.5. The van der Waals surface area contributed by atoms with Crippen molar-refractivity contribution in [2.45, 2.75) is 26.1 Å². The van der Waals surface area contributed by atoms with Gasteiger partial charge in [-0.25, -0.2) is 0 Å². The van der Waals surface area contributed by atoms with E-state index in [-0.39, 0.29) is 18.4 Å². The summed E-state index contributed by atoms with van der Waals surface area (Å²) in [5, 5.41) is 23.4. The predicted molar refractivity (Wildman–Crippen MR) is 110 cm³/mol. The average molecular weight is 447 g/mol. The van der Waals surface area contributed by atoms with Gasteiger partial charge < -0.3 is 14.9 Å². The number of carbonyl (C=O) groups is 1. The van der Waals surface area contributed by atoms with Gasteiger partial charge in [0.05, 0.1) is 35.6 Å². The first-order chi connectivity index (χ1) is 15.2. The van der Waals surface area contributed by atoms with Gasteiger partial charge in [-0.1, -0.05) is 0 Å². The highest BCUT2D eigenvalue weighted by Crippen LogP contribution is 2.44. The average Bonchev–Trinajstić information content (AvgIpc) is 3.42. The number of likely N-dealkylation sites (tertiary alicyclic amines) is 1. The zero-order chi connectivity index (χ0) is 23.1. The molecule has 0 saturated carbocycles. The van der Waals surface area contributed by atoms with Gasteiger partial charge in [-0.15, -0.1) is 0 Å². The van der Waals surface area contributed by atoms with Crippen LogP contribution < -0.4 is 4.90 Å². The Kier molecular flexibility index (Phi) is 5.63. The molecule has 0 bridgehead atoms. The van der Waals surface area contributed by atoms with Crippen molar-refractivity contribution in [2.24, 2.45) is 11.3 Å². The lowest BCUT2D eigenvalue weighted by molar-refractivity contribution is -0.137. The molecule has 10 heteroatoms. The number of aliphatic hydroxyl groups is 1. The van der Waals surface area contributed by atoms with Crippen molar-refractivity contribution in [3.8, 4) is 6.07 Å². The number of carbonyl (C=O) groups excluding carboxylic acids is 1. The van der Waals surface area contributed by atoms with Crippen LogP contribution in [-0.2, 0) is 12.7 Å². The summed E-state index contributed by atoms with van der Waals surface area (Å²) in [7, 11) is 0. The van der Waals surface area contributed by atoms with Crippen LogP contribution in [0.4, 0.5) is 18.9 Å². The zero-order valence-corrected chi connectivity index (χ0v) is 17.6. The number of nitriles is 1. The number of aryl methyl sites for hydroxylation is 1. The van der Waals surface area contributed by atoms with E-state index >= 15 is 0 Å². The summed E-state index contributed by atoms with van der Waals surface area (Å²) < 4.78 is 41.8. The van der Waals surface area contributed by atoms with Crippen molar-refractivity contribution in [1.82, 2.24) is 14.7 Å². The van der Waals surface area contributed by atoms with Crippen LogP contribution >= 0.6 is 0 Å². The van der Waals surface area contributed by atoms with Crippen LogP contribution in [0.1, 0.15) is 34.8 Å². The van der Waals surface area contributed by atoms with Gasteiger partial charge in [0.2, 0.25) is 0 Å². The van der Waals surface area contributed by atoms with Gasteiger partial charge in [-0.3, -0.25) is 9.48 Å². The Labute approximate surface area is 183 Å². The number of anilines is 1. The summed E-state index contributed by atoms with van der Waals surface area (Å²) in [4.78, 5) is 16.5. The lowest BCUT2D eigenvalue weighted by atomic mass is 9.73. The first kappa shape index (κ1) is 22.1. The third-order valence-corrected chi connectivity index (χ3v) is 6.73. The van der Waals surface area contributed by atoms with Gasteiger partial charge in [0.1, 0.15) is 0 Å². The summed E-state index contributed by atoms with van der Waals surface area (Å²) >= 11 is 0. The Hall–Kier alpha value is -3.06. The Morgan fingerprint density at radius 3 is 2.78 bits per heavy atom. The van der Waals surface area contributed by atoms with Gasteiger partial charge >= 0.3 is 6.18 Å².